The van der Waals surface area contributed by atoms with Gasteiger partial charge in [-0.25, -0.2) is 4.68 Å². The van der Waals surface area contributed by atoms with E-state index >= 15 is 0 Å². The van der Waals surface area contributed by atoms with Crippen LogP contribution < -0.4 is 5.32 Å². The zero-order valence-corrected chi connectivity index (χ0v) is 15.6. The molecule has 134 valence electrons. The van der Waals surface area contributed by atoms with Gasteiger partial charge in [0.25, 0.3) is 5.91 Å². The molecule has 26 heavy (non-hydrogen) atoms. The maximum absolute atomic E-state index is 13.0. The molecule has 0 aliphatic carbocycles. The largest absolute Gasteiger partial charge is 0.328 e. The number of carbonyl (C=O) groups is 1. The summed E-state index contributed by atoms with van der Waals surface area (Å²) in [4.78, 5) is 16.1. The van der Waals surface area contributed by atoms with Crippen molar-refractivity contribution in [3.63, 3.8) is 0 Å². The van der Waals surface area contributed by atoms with Gasteiger partial charge in [-0.2, -0.15) is 0 Å². The lowest BCUT2D eigenvalue weighted by Crippen LogP contribution is -2.48. The standard InChI is InChI=1S/C18H18ClN5OS/c19-14-4-1-3-13(9-14)17-10-20-6-7-24(17)18(25)16-12-23(22-21-16)11-15-5-2-8-26-15/h1-5,8-9,12,17,20H,6-7,10-11H2. The molecule has 0 saturated carbocycles. The van der Waals surface area contributed by atoms with Gasteiger partial charge >= 0.3 is 0 Å². The molecule has 1 unspecified atom stereocenters. The molecule has 1 amide bonds. The first-order chi connectivity index (χ1) is 12.7. The molecule has 1 atom stereocenters. The van der Waals surface area contributed by atoms with Gasteiger partial charge in [-0.3, -0.25) is 4.79 Å². The molecule has 6 nitrogen and oxygen atoms in total. The molecule has 0 radical (unpaired) electrons. The second kappa shape index (κ2) is 7.57. The van der Waals surface area contributed by atoms with Crippen LogP contribution in [-0.4, -0.2) is 45.4 Å². The second-order valence-corrected chi connectivity index (χ2v) is 7.62. The number of thiophene rings is 1. The fourth-order valence-corrected chi connectivity index (χ4v) is 4.04. The summed E-state index contributed by atoms with van der Waals surface area (Å²) < 4.78 is 1.70. The van der Waals surface area contributed by atoms with Gasteiger partial charge in [0.05, 0.1) is 18.8 Å². The SMILES string of the molecule is O=C(c1cn(Cc2cccs2)nn1)N1CCNCC1c1cccc(Cl)c1. The Bertz CT molecular complexity index is 895. The van der Waals surface area contributed by atoms with E-state index in [9.17, 15) is 4.79 Å². The number of hydrogen-bond donors (Lipinski definition) is 1. The maximum atomic E-state index is 13.0. The van der Waals surface area contributed by atoms with Crippen LogP contribution in [0.15, 0.2) is 48.0 Å². The fraction of sp³-hybridized carbons (Fsp3) is 0.278. The van der Waals surface area contributed by atoms with Crippen molar-refractivity contribution in [1.29, 1.82) is 0 Å². The van der Waals surface area contributed by atoms with Gasteiger partial charge in [0.1, 0.15) is 0 Å². The smallest absolute Gasteiger partial charge is 0.276 e. The van der Waals surface area contributed by atoms with Crippen LogP contribution in [0.2, 0.25) is 5.02 Å². The number of piperazine rings is 1. The van der Waals surface area contributed by atoms with Crippen LogP contribution in [0.4, 0.5) is 0 Å². The molecule has 1 aliphatic heterocycles. The highest BCUT2D eigenvalue weighted by molar-refractivity contribution is 7.09. The zero-order valence-electron chi connectivity index (χ0n) is 14.0. The van der Waals surface area contributed by atoms with Crippen LogP contribution >= 0.6 is 22.9 Å². The van der Waals surface area contributed by atoms with Crippen LogP contribution in [0.5, 0.6) is 0 Å². The number of amides is 1. The van der Waals surface area contributed by atoms with E-state index in [0.29, 0.717) is 30.4 Å². The average Bonchev–Trinajstić information content (AvgIpc) is 3.34. The molecule has 1 aliphatic rings. The predicted molar refractivity (Wildman–Crippen MR) is 102 cm³/mol. The van der Waals surface area contributed by atoms with E-state index in [1.807, 2.05) is 46.7 Å². The van der Waals surface area contributed by atoms with E-state index in [2.05, 4.69) is 15.6 Å². The van der Waals surface area contributed by atoms with Gasteiger partial charge in [0, 0.05) is 29.5 Å². The van der Waals surface area contributed by atoms with E-state index in [4.69, 9.17) is 11.6 Å². The lowest BCUT2D eigenvalue weighted by molar-refractivity contribution is 0.0628. The summed E-state index contributed by atoms with van der Waals surface area (Å²) in [5, 5.41) is 14.2. The summed E-state index contributed by atoms with van der Waals surface area (Å²) in [6, 6.07) is 11.6. The number of nitrogens with one attached hydrogen (secondary N) is 1. The Labute approximate surface area is 160 Å². The molecule has 2 aromatic heterocycles. The van der Waals surface area contributed by atoms with E-state index in [0.717, 1.165) is 12.1 Å². The van der Waals surface area contributed by atoms with Crippen LogP contribution in [0.3, 0.4) is 0 Å². The summed E-state index contributed by atoms with van der Waals surface area (Å²) >= 11 is 7.79. The highest BCUT2D eigenvalue weighted by atomic mass is 35.5. The van der Waals surface area contributed by atoms with Crippen molar-refractivity contribution in [2.45, 2.75) is 12.6 Å². The molecule has 1 N–H and O–H groups in total. The number of nitrogens with zero attached hydrogens (tertiary/aromatic N) is 4. The molecule has 1 aromatic carbocycles. The van der Waals surface area contributed by atoms with Crippen molar-refractivity contribution >= 4 is 28.8 Å². The van der Waals surface area contributed by atoms with Gasteiger partial charge in [0.2, 0.25) is 0 Å². The topological polar surface area (TPSA) is 63.1 Å². The summed E-state index contributed by atoms with van der Waals surface area (Å²) in [5.41, 5.74) is 1.39. The Morgan fingerprint density at radius 3 is 3.08 bits per heavy atom. The molecule has 3 aromatic rings. The average molecular weight is 388 g/mol. The third-order valence-corrected chi connectivity index (χ3v) is 5.49. The third kappa shape index (κ3) is 3.65. The van der Waals surface area contributed by atoms with Crippen LogP contribution in [0, 0.1) is 0 Å². The molecule has 1 fully saturated rings. The summed E-state index contributed by atoms with van der Waals surface area (Å²) in [7, 11) is 0. The first kappa shape index (κ1) is 17.2. The summed E-state index contributed by atoms with van der Waals surface area (Å²) in [5.74, 6) is -0.103. The van der Waals surface area contributed by atoms with E-state index in [1.165, 1.54) is 4.88 Å². The monoisotopic (exact) mass is 387 g/mol. The Morgan fingerprint density at radius 1 is 1.35 bits per heavy atom. The van der Waals surface area contributed by atoms with Crippen molar-refractivity contribution < 1.29 is 4.79 Å². The molecular weight excluding hydrogens is 370 g/mol. The Kier molecular flexibility index (Phi) is 5.01. The zero-order chi connectivity index (χ0) is 17.9. The van der Waals surface area contributed by atoms with Crippen molar-refractivity contribution in [2.75, 3.05) is 19.6 Å². The molecule has 1 saturated heterocycles. The van der Waals surface area contributed by atoms with E-state index in [-0.39, 0.29) is 11.9 Å². The first-order valence-corrected chi connectivity index (χ1v) is 9.66. The quantitative estimate of drug-likeness (QED) is 0.747. The highest BCUT2D eigenvalue weighted by Gasteiger charge is 2.30. The number of hydrogen-bond acceptors (Lipinski definition) is 5. The van der Waals surface area contributed by atoms with Gasteiger partial charge in [0.15, 0.2) is 5.69 Å². The van der Waals surface area contributed by atoms with Gasteiger partial charge in [-0.15, -0.1) is 16.4 Å². The van der Waals surface area contributed by atoms with Crippen molar-refractivity contribution in [3.05, 3.63) is 69.1 Å². The van der Waals surface area contributed by atoms with E-state index in [1.54, 1.807) is 22.2 Å². The number of halogens is 1. The maximum Gasteiger partial charge on any atom is 0.276 e. The van der Waals surface area contributed by atoms with E-state index < -0.39 is 0 Å². The Hall–Kier alpha value is -2.22. The van der Waals surface area contributed by atoms with Crippen LogP contribution in [-0.2, 0) is 6.54 Å². The fourth-order valence-electron chi connectivity index (χ4n) is 3.14. The summed E-state index contributed by atoms with van der Waals surface area (Å²) in [6.45, 7) is 2.69. The number of rotatable bonds is 4. The van der Waals surface area contributed by atoms with Crippen molar-refractivity contribution in [3.8, 4) is 0 Å². The molecule has 3 heterocycles. The highest BCUT2D eigenvalue weighted by Crippen LogP contribution is 2.26. The van der Waals surface area contributed by atoms with Crippen molar-refractivity contribution in [2.24, 2.45) is 0 Å². The molecule has 0 spiro atoms. The van der Waals surface area contributed by atoms with Gasteiger partial charge in [-0.1, -0.05) is 35.0 Å². The molecular formula is C18H18ClN5OS. The lowest BCUT2D eigenvalue weighted by Gasteiger charge is -2.36. The Morgan fingerprint density at radius 2 is 2.27 bits per heavy atom. The number of aromatic nitrogens is 3. The first-order valence-electron chi connectivity index (χ1n) is 8.40. The minimum atomic E-state index is -0.103. The van der Waals surface area contributed by atoms with Gasteiger partial charge < -0.3 is 10.2 Å². The molecule has 8 heteroatoms. The Balaban J connectivity index is 1.54. The predicted octanol–water partition coefficient (Wildman–Crippen LogP) is 2.83. The number of benzene rings is 1. The third-order valence-electron chi connectivity index (χ3n) is 4.39. The van der Waals surface area contributed by atoms with Crippen LogP contribution in [0.25, 0.3) is 0 Å². The minimum absolute atomic E-state index is 0.0719. The molecule has 4 rings (SSSR count). The van der Waals surface area contributed by atoms with Crippen LogP contribution in [0.1, 0.15) is 27.0 Å². The minimum Gasteiger partial charge on any atom is -0.328 e. The number of carbonyl (C=O) groups excluding carboxylic acids is 1. The lowest BCUT2D eigenvalue weighted by atomic mass is 10.0. The molecule has 0 bridgehead atoms. The normalized spacial score (nSPS) is 17.4. The van der Waals surface area contributed by atoms with Gasteiger partial charge in [-0.05, 0) is 29.1 Å². The second-order valence-electron chi connectivity index (χ2n) is 6.15. The van der Waals surface area contributed by atoms with Crippen molar-refractivity contribution in [1.82, 2.24) is 25.2 Å². The summed E-state index contributed by atoms with van der Waals surface area (Å²) in [6.07, 6.45) is 1.72.